The van der Waals surface area contributed by atoms with Gasteiger partial charge in [0.15, 0.2) is 0 Å². The van der Waals surface area contributed by atoms with Crippen molar-refractivity contribution >= 4 is 27.2 Å². The van der Waals surface area contributed by atoms with Gasteiger partial charge in [0.25, 0.3) is 10.0 Å². The van der Waals surface area contributed by atoms with Crippen molar-refractivity contribution in [3.8, 4) is 0 Å². The van der Waals surface area contributed by atoms with Crippen molar-refractivity contribution in [2.45, 2.75) is 17.6 Å². The third-order valence-electron chi connectivity index (χ3n) is 2.39. The Morgan fingerprint density at radius 2 is 2.11 bits per heavy atom. The van der Waals surface area contributed by atoms with Crippen molar-refractivity contribution < 1.29 is 13.5 Å². The van der Waals surface area contributed by atoms with Crippen molar-refractivity contribution in [2.24, 2.45) is 0 Å². The van der Waals surface area contributed by atoms with E-state index in [9.17, 15) is 8.42 Å². The lowest BCUT2D eigenvalue weighted by molar-refractivity contribution is 0.300. The normalized spacial score (nSPS) is 11.5. The molecule has 19 heavy (non-hydrogen) atoms. The van der Waals surface area contributed by atoms with E-state index in [1.165, 1.54) is 6.07 Å². The quantitative estimate of drug-likeness (QED) is 0.882. The number of pyridine rings is 1. The van der Waals surface area contributed by atoms with E-state index in [4.69, 9.17) is 5.11 Å². The first-order chi connectivity index (χ1) is 9.01. The van der Waals surface area contributed by atoms with Crippen LogP contribution in [0.1, 0.15) is 10.6 Å². The molecule has 0 bridgehead atoms. The van der Waals surface area contributed by atoms with Crippen LogP contribution >= 0.6 is 11.3 Å². The van der Waals surface area contributed by atoms with Crippen molar-refractivity contribution in [3.05, 3.63) is 40.9 Å². The van der Waals surface area contributed by atoms with Crippen LogP contribution in [0, 0.1) is 6.92 Å². The summed E-state index contributed by atoms with van der Waals surface area (Å²) in [6.07, 6.45) is 0.461. The summed E-state index contributed by atoms with van der Waals surface area (Å²) in [6, 6.07) is 8.38. The average Bonchev–Trinajstić information content (AvgIpc) is 2.78. The minimum Gasteiger partial charge on any atom is -0.396 e. The van der Waals surface area contributed by atoms with E-state index in [1.807, 2.05) is 0 Å². The number of nitrogens with zero attached hydrogens (tertiary/aromatic N) is 1. The van der Waals surface area contributed by atoms with Gasteiger partial charge < -0.3 is 5.11 Å². The van der Waals surface area contributed by atoms with Crippen LogP contribution in [-0.2, 0) is 16.4 Å². The van der Waals surface area contributed by atoms with Crippen LogP contribution in [0.15, 0.2) is 34.5 Å². The molecule has 0 aliphatic carbocycles. The SMILES string of the molecule is Cc1cccc(NS(=O)(=O)c2ccc(CCO)s2)n1. The fourth-order valence-corrected chi connectivity index (χ4v) is 3.88. The zero-order valence-electron chi connectivity index (χ0n) is 10.3. The topological polar surface area (TPSA) is 79.3 Å². The monoisotopic (exact) mass is 298 g/mol. The van der Waals surface area contributed by atoms with Gasteiger partial charge in [-0.3, -0.25) is 4.72 Å². The molecule has 0 aliphatic rings. The molecule has 2 aromatic heterocycles. The highest BCUT2D eigenvalue weighted by atomic mass is 32.2. The molecule has 2 rings (SSSR count). The minimum absolute atomic E-state index is 0.00681. The molecule has 5 nitrogen and oxygen atoms in total. The first kappa shape index (κ1) is 14.0. The highest BCUT2D eigenvalue weighted by molar-refractivity contribution is 7.94. The number of aromatic nitrogens is 1. The maximum Gasteiger partial charge on any atom is 0.272 e. The second kappa shape index (κ2) is 5.68. The molecule has 0 amide bonds. The van der Waals surface area contributed by atoms with Crippen LogP contribution in [0.5, 0.6) is 0 Å². The molecule has 0 saturated heterocycles. The smallest absolute Gasteiger partial charge is 0.272 e. The summed E-state index contributed by atoms with van der Waals surface area (Å²) in [7, 11) is -3.60. The predicted octanol–water partition coefficient (Wildman–Crippen LogP) is 1.79. The Morgan fingerprint density at radius 3 is 2.79 bits per heavy atom. The molecule has 0 radical (unpaired) electrons. The van der Waals surface area contributed by atoms with Crippen LogP contribution in [-0.4, -0.2) is 25.1 Å². The number of aryl methyl sites for hydroxylation is 1. The molecule has 2 aromatic rings. The van der Waals surface area contributed by atoms with E-state index >= 15 is 0 Å². The second-order valence-corrected chi connectivity index (χ2v) is 7.04. The number of nitrogens with one attached hydrogen (secondary N) is 1. The summed E-state index contributed by atoms with van der Waals surface area (Å²) < 4.78 is 26.9. The second-order valence-electron chi connectivity index (χ2n) is 3.96. The lowest BCUT2D eigenvalue weighted by Gasteiger charge is -2.05. The molecule has 2 N–H and O–H groups in total. The van der Waals surface area contributed by atoms with E-state index < -0.39 is 10.0 Å². The van der Waals surface area contributed by atoms with E-state index in [0.717, 1.165) is 21.9 Å². The largest absolute Gasteiger partial charge is 0.396 e. The molecule has 0 aromatic carbocycles. The van der Waals surface area contributed by atoms with Gasteiger partial charge in [0.2, 0.25) is 0 Å². The number of hydrogen-bond acceptors (Lipinski definition) is 5. The first-order valence-electron chi connectivity index (χ1n) is 5.67. The van der Waals surface area contributed by atoms with Gasteiger partial charge in [0, 0.05) is 23.6 Å². The first-order valence-corrected chi connectivity index (χ1v) is 7.97. The Hall–Kier alpha value is -1.44. The average molecular weight is 298 g/mol. The number of aliphatic hydroxyl groups is 1. The summed E-state index contributed by atoms with van der Waals surface area (Å²) in [4.78, 5) is 4.93. The molecule has 102 valence electrons. The molecule has 0 atom stereocenters. The lowest BCUT2D eigenvalue weighted by atomic mass is 10.4. The summed E-state index contributed by atoms with van der Waals surface area (Å²) >= 11 is 1.15. The van der Waals surface area contributed by atoms with Gasteiger partial charge >= 0.3 is 0 Å². The lowest BCUT2D eigenvalue weighted by Crippen LogP contribution is -2.12. The summed E-state index contributed by atoms with van der Waals surface area (Å²) in [5, 5.41) is 8.83. The van der Waals surface area contributed by atoms with Crippen LogP contribution in [0.2, 0.25) is 0 Å². The van der Waals surface area contributed by atoms with Gasteiger partial charge in [-0.05, 0) is 31.2 Å². The summed E-state index contributed by atoms with van der Waals surface area (Å²) in [5.41, 5.74) is 0.743. The van der Waals surface area contributed by atoms with E-state index in [2.05, 4.69) is 9.71 Å². The van der Waals surface area contributed by atoms with Crippen molar-refractivity contribution in [1.82, 2.24) is 4.98 Å². The number of sulfonamides is 1. The molecule has 0 aliphatic heterocycles. The summed E-state index contributed by atoms with van der Waals surface area (Å²) in [6.45, 7) is 1.80. The molecule has 7 heteroatoms. The van der Waals surface area contributed by atoms with Gasteiger partial charge in [-0.1, -0.05) is 6.07 Å². The molecular weight excluding hydrogens is 284 g/mol. The standard InChI is InChI=1S/C12H14N2O3S2/c1-9-3-2-4-11(13-9)14-19(16,17)12-6-5-10(18-12)7-8-15/h2-6,15H,7-8H2,1H3,(H,13,14). The fraction of sp³-hybridized carbons (Fsp3) is 0.250. The van der Waals surface area contributed by atoms with Crippen molar-refractivity contribution in [1.29, 1.82) is 0 Å². The Labute approximate surface area is 116 Å². The highest BCUT2D eigenvalue weighted by Gasteiger charge is 2.17. The number of thiophene rings is 1. The zero-order valence-corrected chi connectivity index (χ0v) is 12.0. The van der Waals surface area contributed by atoms with Crippen LogP contribution in [0.25, 0.3) is 0 Å². The van der Waals surface area contributed by atoms with E-state index in [-0.39, 0.29) is 10.8 Å². The Bertz CT molecular complexity index is 665. The van der Waals surface area contributed by atoms with E-state index in [1.54, 1.807) is 31.2 Å². The zero-order chi connectivity index (χ0) is 13.9. The van der Waals surface area contributed by atoms with Crippen LogP contribution in [0.3, 0.4) is 0 Å². The third-order valence-corrected chi connectivity index (χ3v) is 5.38. The molecule has 2 heterocycles. The van der Waals surface area contributed by atoms with Gasteiger partial charge in [0.1, 0.15) is 10.0 Å². The van der Waals surface area contributed by atoms with Gasteiger partial charge in [0.05, 0.1) is 0 Å². The Morgan fingerprint density at radius 1 is 1.32 bits per heavy atom. The number of rotatable bonds is 5. The molecule has 0 unspecified atom stereocenters. The highest BCUT2D eigenvalue weighted by Crippen LogP contribution is 2.23. The number of anilines is 1. The third kappa shape index (κ3) is 3.52. The molecule has 0 saturated carbocycles. The van der Waals surface area contributed by atoms with Gasteiger partial charge in [-0.2, -0.15) is 0 Å². The van der Waals surface area contributed by atoms with Crippen molar-refractivity contribution in [3.63, 3.8) is 0 Å². The maximum atomic E-state index is 12.1. The van der Waals surface area contributed by atoms with E-state index in [0.29, 0.717) is 12.2 Å². The molecule has 0 spiro atoms. The number of aliphatic hydroxyl groups excluding tert-OH is 1. The molecular formula is C12H14N2O3S2. The van der Waals surface area contributed by atoms with Crippen LogP contribution < -0.4 is 4.72 Å². The Kier molecular flexibility index (Phi) is 4.18. The maximum absolute atomic E-state index is 12.1. The predicted molar refractivity (Wildman–Crippen MR) is 74.9 cm³/mol. The minimum atomic E-state index is -3.60. The molecule has 0 fully saturated rings. The Balaban J connectivity index is 2.22. The van der Waals surface area contributed by atoms with Crippen molar-refractivity contribution in [2.75, 3.05) is 11.3 Å². The van der Waals surface area contributed by atoms with Gasteiger partial charge in [-0.25, -0.2) is 13.4 Å². The van der Waals surface area contributed by atoms with Crippen LogP contribution in [0.4, 0.5) is 5.82 Å². The summed E-state index contributed by atoms with van der Waals surface area (Å²) in [5.74, 6) is 0.303. The fourth-order valence-electron chi connectivity index (χ4n) is 1.54. The number of hydrogen-bond donors (Lipinski definition) is 2. The van der Waals surface area contributed by atoms with Gasteiger partial charge in [-0.15, -0.1) is 11.3 Å².